The van der Waals surface area contributed by atoms with Crippen LogP contribution in [0.2, 0.25) is 0 Å². The summed E-state index contributed by atoms with van der Waals surface area (Å²) in [5.41, 5.74) is 2.84. The van der Waals surface area contributed by atoms with Crippen molar-refractivity contribution < 1.29 is 14.3 Å². The monoisotopic (exact) mass is 367 g/mol. The summed E-state index contributed by atoms with van der Waals surface area (Å²) >= 11 is 0. The minimum absolute atomic E-state index is 0.00369. The number of aromatic amines is 1. The quantitative estimate of drug-likeness (QED) is 0.905. The Kier molecular flexibility index (Phi) is 5.14. The first kappa shape index (κ1) is 17.6. The maximum Gasteiger partial charge on any atom is 0.270 e. The topological polar surface area (TPSA) is 65.6 Å². The van der Waals surface area contributed by atoms with Gasteiger partial charge in [-0.3, -0.25) is 9.59 Å². The number of ether oxygens (including phenoxy) is 1. The Hall–Kier alpha value is -2.76. The van der Waals surface area contributed by atoms with Gasteiger partial charge in [-0.05, 0) is 48.6 Å². The van der Waals surface area contributed by atoms with Crippen LogP contribution in [0.1, 0.15) is 34.5 Å². The number of benzene rings is 1. The zero-order valence-electron chi connectivity index (χ0n) is 15.4. The van der Waals surface area contributed by atoms with Crippen LogP contribution < -0.4 is 4.74 Å². The van der Waals surface area contributed by atoms with E-state index in [0.717, 1.165) is 37.2 Å². The Morgan fingerprint density at radius 3 is 2.74 bits per heavy atom. The predicted octanol–water partition coefficient (Wildman–Crippen LogP) is 2.26. The molecule has 4 rings (SSSR count). The number of carbonyl (C=O) groups excluding carboxylic acids is 2. The Morgan fingerprint density at radius 1 is 1.04 bits per heavy atom. The minimum atomic E-state index is 0.00369. The third-order valence-electron chi connectivity index (χ3n) is 5.29. The second-order valence-electron chi connectivity index (χ2n) is 7.18. The van der Waals surface area contributed by atoms with Crippen molar-refractivity contribution in [1.82, 2.24) is 14.8 Å². The molecular formula is C21H25N3O3. The summed E-state index contributed by atoms with van der Waals surface area (Å²) in [6, 6.07) is 9.68. The lowest BCUT2D eigenvalue weighted by Gasteiger charge is -2.22. The molecule has 0 aliphatic carbocycles. The largest absolute Gasteiger partial charge is 0.493 e. The lowest BCUT2D eigenvalue weighted by molar-refractivity contribution is -0.130. The Morgan fingerprint density at radius 2 is 1.89 bits per heavy atom. The second kappa shape index (κ2) is 7.86. The number of H-pyrrole nitrogens is 1. The number of carbonyl (C=O) groups is 2. The fourth-order valence-corrected chi connectivity index (χ4v) is 3.81. The molecule has 6 heteroatoms. The molecule has 0 atom stereocenters. The molecule has 3 heterocycles. The van der Waals surface area contributed by atoms with Gasteiger partial charge in [-0.25, -0.2) is 0 Å². The van der Waals surface area contributed by atoms with Crippen molar-refractivity contribution in [3.8, 4) is 5.75 Å². The van der Waals surface area contributed by atoms with Crippen LogP contribution in [-0.2, 0) is 17.6 Å². The van der Waals surface area contributed by atoms with E-state index < -0.39 is 0 Å². The van der Waals surface area contributed by atoms with Crippen molar-refractivity contribution in [3.05, 3.63) is 53.3 Å². The summed E-state index contributed by atoms with van der Waals surface area (Å²) in [5.74, 6) is 1.08. The number of rotatable bonds is 3. The number of amides is 2. The lowest BCUT2D eigenvalue weighted by Crippen LogP contribution is -2.38. The first-order valence-electron chi connectivity index (χ1n) is 9.66. The SMILES string of the molecule is O=C(Cc1ccc2c(c1)CCCO2)N1CCCN(C(=O)c2ccc[nH]2)CC1. The van der Waals surface area contributed by atoms with E-state index in [9.17, 15) is 9.59 Å². The van der Waals surface area contributed by atoms with E-state index >= 15 is 0 Å². The molecule has 1 N–H and O–H groups in total. The summed E-state index contributed by atoms with van der Waals surface area (Å²) in [4.78, 5) is 32.0. The van der Waals surface area contributed by atoms with Crippen molar-refractivity contribution in [1.29, 1.82) is 0 Å². The van der Waals surface area contributed by atoms with Crippen LogP contribution in [0.25, 0.3) is 0 Å². The standard InChI is InChI=1S/C21H25N3O3/c25-20(15-16-6-7-19-17(14-16)4-2-13-27-19)23-9-3-10-24(12-11-23)21(26)18-5-1-8-22-18/h1,5-8,14,22H,2-4,9-13,15H2. The fourth-order valence-electron chi connectivity index (χ4n) is 3.81. The van der Waals surface area contributed by atoms with Crippen molar-refractivity contribution in [2.24, 2.45) is 0 Å². The smallest absolute Gasteiger partial charge is 0.270 e. The number of nitrogens with one attached hydrogen (secondary N) is 1. The average molecular weight is 367 g/mol. The number of hydrogen-bond acceptors (Lipinski definition) is 3. The van der Waals surface area contributed by atoms with E-state index in [4.69, 9.17) is 4.74 Å². The normalized spacial score (nSPS) is 17.0. The third-order valence-corrected chi connectivity index (χ3v) is 5.29. The van der Waals surface area contributed by atoms with Gasteiger partial charge in [0.15, 0.2) is 0 Å². The Balaban J connectivity index is 1.36. The van der Waals surface area contributed by atoms with Gasteiger partial charge in [0.05, 0.1) is 13.0 Å². The highest BCUT2D eigenvalue weighted by Crippen LogP contribution is 2.26. The zero-order chi connectivity index (χ0) is 18.6. The molecule has 6 nitrogen and oxygen atoms in total. The van der Waals surface area contributed by atoms with Crippen molar-refractivity contribution >= 4 is 11.8 Å². The van der Waals surface area contributed by atoms with Crippen molar-refractivity contribution in [3.63, 3.8) is 0 Å². The van der Waals surface area contributed by atoms with Gasteiger partial charge < -0.3 is 19.5 Å². The molecule has 2 aliphatic heterocycles. The molecule has 2 aliphatic rings. The highest BCUT2D eigenvalue weighted by molar-refractivity contribution is 5.92. The number of hydrogen-bond donors (Lipinski definition) is 1. The summed E-state index contributed by atoms with van der Waals surface area (Å²) in [7, 11) is 0. The van der Waals surface area contributed by atoms with Crippen LogP contribution in [0.5, 0.6) is 5.75 Å². The van der Waals surface area contributed by atoms with Gasteiger partial charge in [0.2, 0.25) is 5.91 Å². The van der Waals surface area contributed by atoms with Crippen LogP contribution in [-0.4, -0.2) is 59.4 Å². The summed E-state index contributed by atoms with van der Waals surface area (Å²) in [6.45, 7) is 3.30. The first-order chi connectivity index (χ1) is 13.2. The van der Waals surface area contributed by atoms with Crippen LogP contribution in [0.3, 0.4) is 0 Å². The molecule has 2 amide bonds. The summed E-state index contributed by atoms with van der Waals surface area (Å²) in [6.07, 6.45) is 5.00. The zero-order valence-corrected chi connectivity index (χ0v) is 15.4. The van der Waals surface area contributed by atoms with Crippen molar-refractivity contribution in [2.75, 3.05) is 32.8 Å². The number of aryl methyl sites for hydroxylation is 1. The lowest BCUT2D eigenvalue weighted by atomic mass is 10.0. The molecule has 0 saturated carbocycles. The van der Waals surface area contributed by atoms with E-state index in [-0.39, 0.29) is 11.8 Å². The third kappa shape index (κ3) is 3.99. The Bertz CT molecular complexity index is 816. The average Bonchev–Trinajstić information content (AvgIpc) is 3.11. The molecule has 0 bridgehead atoms. The molecular weight excluding hydrogens is 342 g/mol. The van der Waals surface area contributed by atoms with Crippen LogP contribution in [0, 0.1) is 0 Å². The summed E-state index contributed by atoms with van der Waals surface area (Å²) < 4.78 is 5.65. The van der Waals surface area contributed by atoms with Gasteiger partial charge in [-0.2, -0.15) is 0 Å². The van der Waals surface area contributed by atoms with E-state index in [1.807, 2.05) is 28.0 Å². The van der Waals surface area contributed by atoms with Gasteiger partial charge in [0.25, 0.3) is 5.91 Å². The maximum absolute atomic E-state index is 12.8. The van der Waals surface area contributed by atoms with Crippen LogP contribution in [0.15, 0.2) is 36.5 Å². The maximum atomic E-state index is 12.8. The van der Waals surface area contributed by atoms with E-state index in [1.165, 1.54) is 5.56 Å². The predicted molar refractivity (Wildman–Crippen MR) is 102 cm³/mol. The van der Waals surface area contributed by atoms with Crippen molar-refractivity contribution in [2.45, 2.75) is 25.7 Å². The molecule has 1 aromatic carbocycles. The molecule has 27 heavy (non-hydrogen) atoms. The van der Waals surface area contributed by atoms with Gasteiger partial charge >= 0.3 is 0 Å². The molecule has 142 valence electrons. The fraction of sp³-hybridized carbons (Fsp3) is 0.429. The first-order valence-corrected chi connectivity index (χ1v) is 9.66. The summed E-state index contributed by atoms with van der Waals surface area (Å²) in [5, 5.41) is 0. The molecule has 0 spiro atoms. The van der Waals surface area contributed by atoms with E-state index in [2.05, 4.69) is 11.1 Å². The second-order valence-corrected chi connectivity index (χ2v) is 7.18. The van der Waals surface area contributed by atoms with Gasteiger partial charge in [-0.15, -0.1) is 0 Å². The molecule has 0 unspecified atom stereocenters. The number of fused-ring (bicyclic) bond motifs is 1. The van der Waals surface area contributed by atoms with Gasteiger partial charge in [-0.1, -0.05) is 12.1 Å². The highest BCUT2D eigenvalue weighted by atomic mass is 16.5. The van der Waals surface area contributed by atoms with E-state index in [0.29, 0.717) is 38.3 Å². The molecule has 1 aromatic heterocycles. The number of nitrogens with zero attached hydrogens (tertiary/aromatic N) is 2. The Labute approximate surface area is 159 Å². The minimum Gasteiger partial charge on any atom is -0.493 e. The van der Waals surface area contributed by atoms with Gasteiger partial charge in [0, 0.05) is 32.4 Å². The number of aromatic nitrogens is 1. The van der Waals surface area contributed by atoms with Crippen LogP contribution >= 0.6 is 0 Å². The van der Waals surface area contributed by atoms with Crippen LogP contribution in [0.4, 0.5) is 0 Å². The molecule has 1 saturated heterocycles. The molecule has 1 fully saturated rings. The molecule has 2 aromatic rings. The van der Waals surface area contributed by atoms with Gasteiger partial charge in [0.1, 0.15) is 11.4 Å². The molecule has 0 radical (unpaired) electrons. The van der Waals surface area contributed by atoms with E-state index in [1.54, 1.807) is 12.3 Å². The highest BCUT2D eigenvalue weighted by Gasteiger charge is 2.23.